The first-order valence-corrected chi connectivity index (χ1v) is 8.50. The van der Waals surface area contributed by atoms with Crippen molar-refractivity contribution >= 4 is 29.9 Å². The van der Waals surface area contributed by atoms with Gasteiger partial charge in [-0.1, -0.05) is 23.7 Å². The second-order valence-electron chi connectivity index (χ2n) is 6.73. The van der Waals surface area contributed by atoms with Crippen molar-refractivity contribution in [3.05, 3.63) is 28.8 Å². The third-order valence-corrected chi connectivity index (χ3v) is 5.75. The minimum absolute atomic E-state index is 0. The zero-order chi connectivity index (χ0) is 15.2. The summed E-state index contributed by atoms with van der Waals surface area (Å²) in [6, 6.07) is 5.77. The first kappa shape index (κ1) is 16.9. The maximum atomic E-state index is 12.6. The average Bonchev–Trinajstić information content (AvgIpc) is 3.22. The molecule has 1 aromatic carbocycles. The number of carbonyl (C=O) groups excluding carboxylic acids is 1. The minimum Gasteiger partial charge on any atom is -0.492 e. The van der Waals surface area contributed by atoms with Gasteiger partial charge in [-0.3, -0.25) is 4.79 Å². The third kappa shape index (κ3) is 3.04. The predicted molar refractivity (Wildman–Crippen MR) is 92.3 cm³/mol. The molecule has 2 atom stereocenters. The van der Waals surface area contributed by atoms with E-state index >= 15 is 0 Å². The molecule has 2 heterocycles. The highest BCUT2D eigenvalue weighted by atomic mass is 35.5. The van der Waals surface area contributed by atoms with Crippen LogP contribution in [0.3, 0.4) is 0 Å². The summed E-state index contributed by atoms with van der Waals surface area (Å²) in [7, 11) is 0. The summed E-state index contributed by atoms with van der Waals surface area (Å²) in [5.41, 5.74) is 1.28. The van der Waals surface area contributed by atoms with Crippen molar-refractivity contribution in [2.75, 3.05) is 19.7 Å². The van der Waals surface area contributed by atoms with E-state index in [1.54, 1.807) is 0 Å². The molecule has 23 heavy (non-hydrogen) atoms. The van der Waals surface area contributed by atoms with Gasteiger partial charge in [0.1, 0.15) is 5.75 Å². The molecule has 1 saturated heterocycles. The number of amides is 1. The molecule has 6 heteroatoms. The molecule has 1 aliphatic carbocycles. The van der Waals surface area contributed by atoms with Crippen LogP contribution in [-0.4, -0.2) is 25.6 Å². The van der Waals surface area contributed by atoms with Gasteiger partial charge in [-0.2, -0.15) is 0 Å². The number of fused-ring (bicyclic) bond motifs is 1. The second kappa shape index (κ2) is 6.50. The van der Waals surface area contributed by atoms with Crippen LogP contribution in [0, 0.1) is 11.3 Å². The maximum absolute atomic E-state index is 12.6. The number of hydrogen-bond acceptors (Lipinski definition) is 3. The molecular weight excluding hydrogens is 335 g/mol. The lowest BCUT2D eigenvalue weighted by Gasteiger charge is -2.28. The summed E-state index contributed by atoms with van der Waals surface area (Å²) in [6.45, 7) is 2.68. The van der Waals surface area contributed by atoms with Crippen molar-refractivity contribution in [3.8, 4) is 5.75 Å². The van der Waals surface area contributed by atoms with Crippen LogP contribution in [0.2, 0.25) is 5.02 Å². The lowest BCUT2D eigenvalue weighted by molar-refractivity contribution is -0.124. The summed E-state index contributed by atoms with van der Waals surface area (Å²) >= 11 is 6.19. The summed E-state index contributed by atoms with van der Waals surface area (Å²) in [5, 5.41) is 7.24. The number of para-hydroxylation sites is 1. The Morgan fingerprint density at radius 3 is 2.91 bits per heavy atom. The van der Waals surface area contributed by atoms with Crippen LogP contribution < -0.4 is 15.4 Å². The molecule has 126 valence electrons. The molecule has 0 radical (unpaired) electrons. The fourth-order valence-electron chi connectivity index (χ4n) is 4.00. The van der Waals surface area contributed by atoms with Crippen molar-refractivity contribution in [2.45, 2.75) is 31.7 Å². The highest BCUT2D eigenvalue weighted by molar-refractivity contribution is 6.32. The Labute approximate surface area is 147 Å². The standard InChI is InChI=1S/C17H21ClN2O2.ClH/c18-13-3-1-2-11-14(4-9-22-15(11)13)20-16(21)12-10-17(12)5-7-19-8-6-17;/h1-3,12,14,19H,4-10H2,(H,20,21);1H. The third-order valence-electron chi connectivity index (χ3n) is 5.45. The molecule has 2 N–H and O–H groups in total. The number of nitrogens with one attached hydrogen (secondary N) is 2. The summed E-state index contributed by atoms with van der Waals surface area (Å²) in [5.74, 6) is 1.13. The molecular formula is C17H22Cl2N2O2. The number of halogens is 2. The van der Waals surface area contributed by atoms with Gasteiger partial charge < -0.3 is 15.4 Å². The topological polar surface area (TPSA) is 50.4 Å². The lowest BCUT2D eigenvalue weighted by atomic mass is 9.91. The van der Waals surface area contributed by atoms with E-state index in [0.717, 1.165) is 50.1 Å². The molecule has 4 rings (SSSR count). The Morgan fingerprint density at radius 1 is 1.35 bits per heavy atom. The van der Waals surface area contributed by atoms with Gasteiger partial charge in [-0.05, 0) is 43.8 Å². The van der Waals surface area contributed by atoms with Gasteiger partial charge in [0, 0.05) is 17.9 Å². The van der Waals surface area contributed by atoms with Crippen molar-refractivity contribution < 1.29 is 9.53 Å². The normalized spacial score (nSPS) is 27.3. The number of carbonyl (C=O) groups is 1. The number of benzene rings is 1. The highest BCUT2D eigenvalue weighted by Gasteiger charge is 2.57. The zero-order valence-corrected chi connectivity index (χ0v) is 14.5. The molecule has 2 fully saturated rings. The van der Waals surface area contributed by atoms with Gasteiger partial charge in [0.15, 0.2) is 0 Å². The number of piperidine rings is 1. The average molecular weight is 357 g/mol. The van der Waals surface area contributed by atoms with Crippen molar-refractivity contribution in [2.24, 2.45) is 11.3 Å². The number of rotatable bonds is 2. The fourth-order valence-corrected chi connectivity index (χ4v) is 4.24. The van der Waals surface area contributed by atoms with E-state index in [1.807, 2.05) is 18.2 Å². The molecule has 1 amide bonds. The summed E-state index contributed by atoms with van der Waals surface area (Å²) in [4.78, 5) is 12.6. The van der Waals surface area contributed by atoms with Gasteiger partial charge in [-0.25, -0.2) is 0 Å². The molecule has 2 unspecified atom stereocenters. The van der Waals surface area contributed by atoms with Crippen LogP contribution in [0.25, 0.3) is 0 Å². The highest BCUT2D eigenvalue weighted by Crippen LogP contribution is 2.58. The first-order chi connectivity index (χ1) is 10.7. The quantitative estimate of drug-likeness (QED) is 0.855. The van der Waals surface area contributed by atoms with Crippen LogP contribution in [-0.2, 0) is 4.79 Å². The number of ether oxygens (including phenoxy) is 1. The van der Waals surface area contributed by atoms with Gasteiger partial charge in [0.2, 0.25) is 5.91 Å². The minimum atomic E-state index is 0. The van der Waals surface area contributed by atoms with Gasteiger partial charge in [-0.15, -0.1) is 12.4 Å². The van der Waals surface area contributed by atoms with Crippen LogP contribution >= 0.6 is 24.0 Å². The van der Waals surface area contributed by atoms with Crippen molar-refractivity contribution in [1.29, 1.82) is 0 Å². The van der Waals surface area contributed by atoms with Gasteiger partial charge >= 0.3 is 0 Å². The predicted octanol–water partition coefficient (Wildman–Crippen LogP) is 3.09. The molecule has 1 spiro atoms. The Bertz CT molecular complexity index is 602. The second-order valence-corrected chi connectivity index (χ2v) is 7.13. The molecule has 0 aromatic heterocycles. The van der Waals surface area contributed by atoms with Crippen LogP contribution in [0.15, 0.2) is 18.2 Å². The van der Waals surface area contributed by atoms with E-state index in [2.05, 4.69) is 10.6 Å². The van der Waals surface area contributed by atoms with E-state index in [9.17, 15) is 4.79 Å². The van der Waals surface area contributed by atoms with Crippen LogP contribution in [0.4, 0.5) is 0 Å². The molecule has 1 aromatic rings. The lowest BCUT2D eigenvalue weighted by Crippen LogP contribution is -2.36. The summed E-state index contributed by atoms with van der Waals surface area (Å²) in [6.07, 6.45) is 4.11. The smallest absolute Gasteiger partial charge is 0.224 e. The zero-order valence-electron chi connectivity index (χ0n) is 12.9. The first-order valence-electron chi connectivity index (χ1n) is 8.12. The van der Waals surface area contributed by atoms with Gasteiger partial charge in [0.25, 0.3) is 0 Å². The largest absolute Gasteiger partial charge is 0.492 e. The van der Waals surface area contributed by atoms with Crippen molar-refractivity contribution in [1.82, 2.24) is 10.6 Å². The van der Waals surface area contributed by atoms with Crippen LogP contribution in [0.1, 0.15) is 37.3 Å². The van der Waals surface area contributed by atoms with Crippen molar-refractivity contribution in [3.63, 3.8) is 0 Å². The Hall–Kier alpha value is -0.970. The SMILES string of the molecule is Cl.O=C(NC1CCOc2c(Cl)cccc21)C1CC12CCNCC2. The van der Waals surface area contributed by atoms with Crippen LogP contribution in [0.5, 0.6) is 5.75 Å². The van der Waals surface area contributed by atoms with E-state index in [0.29, 0.717) is 11.6 Å². The van der Waals surface area contributed by atoms with E-state index in [4.69, 9.17) is 16.3 Å². The Morgan fingerprint density at radius 2 is 2.13 bits per heavy atom. The maximum Gasteiger partial charge on any atom is 0.224 e. The van der Waals surface area contributed by atoms with E-state index < -0.39 is 0 Å². The Kier molecular flexibility index (Phi) is 4.77. The molecule has 0 bridgehead atoms. The molecule has 2 aliphatic heterocycles. The monoisotopic (exact) mass is 356 g/mol. The number of hydrogen-bond donors (Lipinski definition) is 2. The molecule has 3 aliphatic rings. The van der Waals surface area contributed by atoms with E-state index in [-0.39, 0.29) is 35.7 Å². The van der Waals surface area contributed by atoms with Gasteiger partial charge in [0.05, 0.1) is 17.7 Å². The summed E-state index contributed by atoms with van der Waals surface area (Å²) < 4.78 is 5.66. The van der Waals surface area contributed by atoms with E-state index in [1.165, 1.54) is 0 Å². The molecule has 4 nitrogen and oxygen atoms in total. The Balaban J connectivity index is 0.00000156. The molecule has 1 saturated carbocycles. The fraction of sp³-hybridized carbons (Fsp3) is 0.588.